The number of hydrogen-bond donors (Lipinski definition) is 1. The van der Waals surface area contributed by atoms with Crippen LogP contribution in [0.1, 0.15) is 18.4 Å². The molecule has 3 nitrogen and oxygen atoms in total. The molecule has 0 amide bonds. The molecule has 0 radical (unpaired) electrons. The van der Waals surface area contributed by atoms with Crippen LogP contribution in [0.3, 0.4) is 0 Å². The Morgan fingerprint density at radius 1 is 1.03 bits per heavy atom. The molecule has 1 N–H and O–H groups in total. The number of phenolic OH excluding ortho intramolecular Hbond substituents is 1. The predicted octanol–water partition coefficient (Wildman–Crippen LogP) is 7.93. The second-order valence-electron chi connectivity index (χ2n) is 8.11. The Bertz CT molecular complexity index is 1540. The van der Waals surface area contributed by atoms with Gasteiger partial charge in [-0.1, -0.05) is 49.4 Å². The number of aromatic hydroxyl groups is 1. The van der Waals surface area contributed by atoms with Gasteiger partial charge in [0.25, 0.3) is 0 Å². The maximum atomic E-state index is 11.0. The van der Waals surface area contributed by atoms with Crippen molar-refractivity contribution in [3.8, 4) is 27.4 Å². The molecular weight excluding hydrogens is 432 g/mol. The molecule has 156 valence electrons. The van der Waals surface area contributed by atoms with Crippen molar-refractivity contribution in [3.05, 3.63) is 83.3 Å². The van der Waals surface area contributed by atoms with Crippen molar-refractivity contribution < 1.29 is 5.11 Å². The monoisotopic (exact) mass is 452 g/mol. The van der Waals surface area contributed by atoms with Gasteiger partial charge in [-0.15, -0.1) is 22.7 Å². The van der Waals surface area contributed by atoms with Gasteiger partial charge in [0, 0.05) is 38.2 Å². The number of aromatic nitrogens is 2. The van der Waals surface area contributed by atoms with Crippen LogP contribution >= 0.6 is 22.7 Å². The quantitative estimate of drug-likeness (QED) is 0.302. The third-order valence-corrected chi connectivity index (χ3v) is 7.98. The van der Waals surface area contributed by atoms with Crippen LogP contribution in [0.4, 0.5) is 0 Å². The van der Waals surface area contributed by atoms with Crippen molar-refractivity contribution in [3.63, 3.8) is 0 Å². The molecule has 0 spiro atoms. The Morgan fingerprint density at radius 3 is 2.81 bits per heavy atom. The summed E-state index contributed by atoms with van der Waals surface area (Å²) in [6.45, 7) is 2.23. The number of nitrogens with zero attached hydrogens (tertiary/aromatic N) is 2. The topological polar surface area (TPSA) is 46.0 Å². The molecule has 5 aromatic rings. The largest absolute Gasteiger partial charge is 0.507 e. The molecule has 6 rings (SSSR count). The average Bonchev–Trinajstić information content (AvgIpc) is 3.45. The van der Waals surface area contributed by atoms with Crippen LogP contribution in [0.15, 0.2) is 78.3 Å². The molecule has 0 fully saturated rings. The van der Waals surface area contributed by atoms with E-state index in [1.807, 2.05) is 24.3 Å². The number of thiazole rings is 1. The van der Waals surface area contributed by atoms with Gasteiger partial charge >= 0.3 is 0 Å². The standard InChI is InChI=1S/C27H20N2OS2/c1-16-8-10-18(11-9-16)27-29-20(15-31-27)26-23(19-6-2-3-7-22(19)32-26)24-21(30)13-12-17-5-4-14-28-25(17)24/h2-8,10-16,30H,9H2,1H3. The zero-order valence-corrected chi connectivity index (χ0v) is 19.1. The van der Waals surface area contributed by atoms with E-state index in [1.54, 1.807) is 34.9 Å². The first-order valence-corrected chi connectivity index (χ1v) is 12.3. The summed E-state index contributed by atoms with van der Waals surface area (Å²) in [5.74, 6) is 0.817. The summed E-state index contributed by atoms with van der Waals surface area (Å²) in [5, 5.41) is 16.3. The second-order valence-corrected chi connectivity index (χ2v) is 10.0. The highest BCUT2D eigenvalue weighted by molar-refractivity contribution is 7.23. The summed E-state index contributed by atoms with van der Waals surface area (Å²) < 4.78 is 1.17. The first kappa shape index (κ1) is 19.4. The van der Waals surface area contributed by atoms with Crippen LogP contribution < -0.4 is 0 Å². The number of benzene rings is 2. The number of pyridine rings is 1. The molecule has 3 aromatic heterocycles. The van der Waals surface area contributed by atoms with Crippen LogP contribution in [0, 0.1) is 5.92 Å². The predicted molar refractivity (Wildman–Crippen MR) is 136 cm³/mol. The molecule has 1 atom stereocenters. The molecule has 0 saturated heterocycles. The maximum absolute atomic E-state index is 11.0. The van der Waals surface area contributed by atoms with E-state index in [0.717, 1.165) is 49.4 Å². The van der Waals surface area contributed by atoms with Crippen molar-refractivity contribution in [1.29, 1.82) is 0 Å². The van der Waals surface area contributed by atoms with Crippen LogP contribution in [0.5, 0.6) is 5.75 Å². The molecular formula is C27H20N2OS2. The Morgan fingerprint density at radius 2 is 1.94 bits per heavy atom. The highest BCUT2D eigenvalue weighted by Crippen LogP contribution is 2.49. The average molecular weight is 453 g/mol. The Hall–Kier alpha value is -3.28. The number of phenols is 1. The number of fused-ring (bicyclic) bond motifs is 2. The zero-order chi connectivity index (χ0) is 21.7. The van der Waals surface area contributed by atoms with Crippen LogP contribution in [-0.2, 0) is 0 Å². The molecule has 32 heavy (non-hydrogen) atoms. The molecule has 1 aliphatic rings. The molecule has 3 heterocycles. The fourth-order valence-electron chi connectivity index (χ4n) is 4.25. The van der Waals surface area contributed by atoms with Gasteiger partial charge in [-0.2, -0.15) is 0 Å². The normalized spacial score (nSPS) is 16.0. The van der Waals surface area contributed by atoms with Gasteiger partial charge in [0.1, 0.15) is 10.8 Å². The molecule has 5 heteroatoms. The third-order valence-electron chi connectivity index (χ3n) is 5.90. The molecule has 2 aromatic carbocycles. The summed E-state index contributed by atoms with van der Waals surface area (Å²) in [6.07, 6.45) is 9.54. The first-order valence-electron chi connectivity index (χ1n) is 10.6. The van der Waals surface area contributed by atoms with Crippen molar-refractivity contribution in [2.75, 3.05) is 0 Å². The van der Waals surface area contributed by atoms with E-state index < -0.39 is 0 Å². The minimum Gasteiger partial charge on any atom is -0.507 e. The molecule has 0 saturated carbocycles. The van der Waals surface area contributed by atoms with Gasteiger partial charge in [-0.05, 0) is 36.6 Å². The van der Waals surface area contributed by atoms with Gasteiger partial charge in [0.2, 0.25) is 0 Å². The number of thiophene rings is 1. The van der Waals surface area contributed by atoms with Crippen molar-refractivity contribution in [2.45, 2.75) is 13.3 Å². The van der Waals surface area contributed by atoms with Gasteiger partial charge in [0.15, 0.2) is 0 Å². The summed E-state index contributed by atoms with van der Waals surface area (Å²) in [6, 6.07) is 16.0. The smallest absolute Gasteiger partial charge is 0.125 e. The molecule has 1 aliphatic carbocycles. The fraction of sp³-hybridized carbons (Fsp3) is 0.111. The lowest BCUT2D eigenvalue weighted by Crippen LogP contribution is -1.94. The number of rotatable bonds is 3. The Balaban J connectivity index is 1.60. The van der Waals surface area contributed by atoms with Gasteiger partial charge < -0.3 is 5.11 Å². The van der Waals surface area contributed by atoms with E-state index in [1.165, 1.54) is 10.3 Å². The highest BCUT2D eigenvalue weighted by Gasteiger charge is 2.23. The SMILES string of the molecule is CC1C=CC(c2nc(-c3sc4ccccc4c3-c3c(O)ccc4cccnc34)cs2)=CC1. The van der Waals surface area contributed by atoms with E-state index in [-0.39, 0.29) is 5.75 Å². The van der Waals surface area contributed by atoms with Gasteiger partial charge in [-0.3, -0.25) is 4.98 Å². The van der Waals surface area contributed by atoms with E-state index in [0.29, 0.717) is 5.92 Å². The lowest BCUT2D eigenvalue weighted by Gasteiger charge is -2.10. The Labute approximate surface area is 194 Å². The minimum absolute atomic E-state index is 0.239. The molecule has 0 aliphatic heterocycles. The highest BCUT2D eigenvalue weighted by atomic mass is 32.1. The van der Waals surface area contributed by atoms with Crippen LogP contribution in [0.2, 0.25) is 0 Å². The lowest BCUT2D eigenvalue weighted by atomic mass is 9.97. The van der Waals surface area contributed by atoms with Gasteiger partial charge in [-0.25, -0.2) is 4.98 Å². The van der Waals surface area contributed by atoms with Crippen molar-refractivity contribution in [2.24, 2.45) is 5.92 Å². The summed E-state index contributed by atoms with van der Waals surface area (Å²) >= 11 is 3.39. The molecule has 1 unspecified atom stereocenters. The summed E-state index contributed by atoms with van der Waals surface area (Å²) in [4.78, 5) is 10.7. The van der Waals surface area contributed by atoms with E-state index >= 15 is 0 Å². The third kappa shape index (κ3) is 3.17. The van der Waals surface area contributed by atoms with E-state index in [4.69, 9.17) is 4.98 Å². The van der Waals surface area contributed by atoms with Crippen LogP contribution in [-0.4, -0.2) is 15.1 Å². The maximum Gasteiger partial charge on any atom is 0.125 e. The zero-order valence-electron chi connectivity index (χ0n) is 17.4. The number of hydrogen-bond acceptors (Lipinski definition) is 5. The molecule has 0 bridgehead atoms. The Kier molecular flexibility index (Phi) is 4.67. The van der Waals surface area contributed by atoms with E-state index in [2.05, 4.69) is 53.7 Å². The summed E-state index contributed by atoms with van der Waals surface area (Å²) in [5.41, 5.74) is 4.72. The summed E-state index contributed by atoms with van der Waals surface area (Å²) in [7, 11) is 0. The fourth-order valence-corrected chi connectivity index (χ4v) is 6.33. The van der Waals surface area contributed by atoms with E-state index in [9.17, 15) is 5.11 Å². The second kappa shape index (κ2) is 7.69. The minimum atomic E-state index is 0.239. The van der Waals surface area contributed by atoms with Crippen molar-refractivity contribution >= 4 is 49.2 Å². The first-order chi connectivity index (χ1) is 15.7. The van der Waals surface area contributed by atoms with Crippen LogP contribution in [0.25, 0.3) is 48.3 Å². The lowest BCUT2D eigenvalue weighted by molar-refractivity contribution is 0.478. The number of allylic oxidation sites excluding steroid dienone is 4. The van der Waals surface area contributed by atoms with Crippen molar-refractivity contribution in [1.82, 2.24) is 9.97 Å². The van der Waals surface area contributed by atoms with Gasteiger partial charge in [0.05, 0.1) is 21.7 Å².